The van der Waals surface area contributed by atoms with Gasteiger partial charge in [-0.15, -0.1) is 0 Å². The molecule has 0 fully saturated rings. The van der Waals surface area contributed by atoms with Crippen molar-refractivity contribution in [2.75, 3.05) is 21.3 Å². The molecule has 106 valence electrons. The zero-order chi connectivity index (χ0) is 14.4. The predicted octanol–water partition coefficient (Wildman–Crippen LogP) is 1.95. The molecule has 19 heavy (non-hydrogen) atoms. The first-order valence-corrected chi connectivity index (χ1v) is 5.70. The highest BCUT2D eigenvalue weighted by Crippen LogP contribution is 2.41. The van der Waals surface area contributed by atoms with Gasteiger partial charge in [0.25, 0.3) is 0 Å². The average Bonchev–Trinajstić information content (AvgIpc) is 2.36. The molecule has 1 rings (SSSR count). The van der Waals surface area contributed by atoms with Crippen LogP contribution in [0.25, 0.3) is 0 Å². The summed E-state index contributed by atoms with van der Waals surface area (Å²) in [6, 6.07) is 3.25. The van der Waals surface area contributed by atoms with Crippen LogP contribution in [-0.4, -0.2) is 38.5 Å². The molecule has 1 N–H and O–H groups in total. The van der Waals surface area contributed by atoms with Crippen LogP contribution < -0.4 is 18.9 Å². The average molecular weight is 270 g/mol. The number of carbonyl (C=O) groups is 1. The number of aliphatic carboxylic acids is 1. The summed E-state index contributed by atoms with van der Waals surface area (Å²) in [5.41, 5.74) is 0. The molecule has 0 aliphatic heterocycles. The van der Waals surface area contributed by atoms with Crippen LogP contribution in [0.2, 0.25) is 0 Å². The number of hydrogen-bond acceptors (Lipinski definition) is 5. The van der Waals surface area contributed by atoms with Gasteiger partial charge in [0.2, 0.25) is 5.75 Å². The Morgan fingerprint density at radius 3 is 2.05 bits per heavy atom. The third kappa shape index (κ3) is 3.94. The summed E-state index contributed by atoms with van der Waals surface area (Å²) in [6.07, 6.45) is -0.545. The second-order valence-electron chi connectivity index (χ2n) is 3.89. The Balaban J connectivity index is 2.99. The van der Waals surface area contributed by atoms with Crippen molar-refractivity contribution in [1.29, 1.82) is 0 Å². The standard InChI is InChI=1S/C13H18O6/c1-8(5-12(14)15)19-9-6-10(16-2)13(18-4)11(7-9)17-3/h6-8H,5H2,1-4H3,(H,14,15)/t8-/m1/s1. The molecule has 0 bridgehead atoms. The highest BCUT2D eigenvalue weighted by molar-refractivity contribution is 5.67. The first-order chi connectivity index (χ1) is 9.01. The van der Waals surface area contributed by atoms with Crippen LogP contribution in [0.5, 0.6) is 23.0 Å². The molecule has 0 saturated heterocycles. The molecule has 1 aromatic rings. The minimum absolute atomic E-state index is 0.0866. The maximum atomic E-state index is 10.6. The van der Waals surface area contributed by atoms with Crippen LogP contribution in [0, 0.1) is 0 Å². The zero-order valence-corrected chi connectivity index (χ0v) is 11.4. The van der Waals surface area contributed by atoms with Gasteiger partial charge in [0, 0.05) is 12.1 Å². The second-order valence-corrected chi connectivity index (χ2v) is 3.89. The molecule has 0 spiro atoms. The first kappa shape index (κ1) is 14.9. The number of carboxylic acids is 1. The largest absolute Gasteiger partial charge is 0.493 e. The molecule has 6 heteroatoms. The molecule has 0 amide bonds. The van der Waals surface area contributed by atoms with Crippen LogP contribution in [0.3, 0.4) is 0 Å². The number of rotatable bonds is 7. The smallest absolute Gasteiger partial charge is 0.307 e. The van der Waals surface area contributed by atoms with Crippen LogP contribution in [0.1, 0.15) is 13.3 Å². The maximum absolute atomic E-state index is 10.6. The Bertz CT molecular complexity index is 418. The molecule has 6 nitrogen and oxygen atoms in total. The van der Waals surface area contributed by atoms with Crippen molar-refractivity contribution in [3.63, 3.8) is 0 Å². The molecule has 0 unspecified atom stereocenters. The van der Waals surface area contributed by atoms with Crippen molar-refractivity contribution in [2.24, 2.45) is 0 Å². The Hall–Kier alpha value is -2.11. The van der Waals surface area contributed by atoms with Gasteiger partial charge in [-0.3, -0.25) is 4.79 Å². The van der Waals surface area contributed by atoms with Crippen LogP contribution >= 0.6 is 0 Å². The van der Waals surface area contributed by atoms with Crippen molar-refractivity contribution >= 4 is 5.97 Å². The van der Waals surface area contributed by atoms with Gasteiger partial charge < -0.3 is 24.1 Å². The molecule has 1 aromatic carbocycles. The van der Waals surface area contributed by atoms with E-state index in [9.17, 15) is 4.79 Å². The van der Waals surface area contributed by atoms with Crippen molar-refractivity contribution in [1.82, 2.24) is 0 Å². The Labute approximate surface area is 111 Å². The van der Waals surface area contributed by atoms with E-state index in [1.54, 1.807) is 19.1 Å². The van der Waals surface area contributed by atoms with E-state index in [-0.39, 0.29) is 6.42 Å². The van der Waals surface area contributed by atoms with Gasteiger partial charge in [-0.25, -0.2) is 0 Å². The van der Waals surface area contributed by atoms with Crippen molar-refractivity contribution in [3.05, 3.63) is 12.1 Å². The molecule has 0 heterocycles. The highest BCUT2D eigenvalue weighted by atomic mass is 16.5. The lowest BCUT2D eigenvalue weighted by Gasteiger charge is -2.17. The van der Waals surface area contributed by atoms with Gasteiger partial charge in [-0.05, 0) is 6.92 Å². The fourth-order valence-electron chi connectivity index (χ4n) is 1.64. The van der Waals surface area contributed by atoms with Gasteiger partial charge in [0.15, 0.2) is 11.5 Å². The normalized spacial score (nSPS) is 11.6. The Morgan fingerprint density at radius 2 is 1.68 bits per heavy atom. The van der Waals surface area contributed by atoms with Crippen LogP contribution in [-0.2, 0) is 4.79 Å². The first-order valence-electron chi connectivity index (χ1n) is 5.70. The van der Waals surface area contributed by atoms with E-state index in [1.807, 2.05) is 0 Å². The molecule has 0 saturated carbocycles. The van der Waals surface area contributed by atoms with Gasteiger partial charge in [0.1, 0.15) is 11.9 Å². The molecular weight excluding hydrogens is 252 g/mol. The third-order valence-corrected chi connectivity index (χ3v) is 2.44. The van der Waals surface area contributed by atoms with Crippen LogP contribution in [0.4, 0.5) is 0 Å². The molecule has 0 aliphatic rings. The lowest BCUT2D eigenvalue weighted by Crippen LogP contribution is -2.16. The topological polar surface area (TPSA) is 74.2 Å². The molecule has 0 aromatic heterocycles. The number of methoxy groups -OCH3 is 3. The van der Waals surface area contributed by atoms with E-state index in [0.717, 1.165) is 0 Å². The third-order valence-electron chi connectivity index (χ3n) is 2.44. The van der Waals surface area contributed by atoms with Crippen molar-refractivity contribution in [3.8, 4) is 23.0 Å². The van der Waals surface area contributed by atoms with Crippen molar-refractivity contribution < 1.29 is 28.8 Å². The minimum Gasteiger partial charge on any atom is -0.493 e. The van der Waals surface area contributed by atoms with Gasteiger partial charge in [-0.2, -0.15) is 0 Å². The van der Waals surface area contributed by atoms with E-state index in [0.29, 0.717) is 23.0 Å². The van der Waals surface area contributed by atoms with Crippen molar-refractivity contribution in [2.45, 2.75) is 19.4 Å². The van der Waals surface area contributed by atoms with E-state index in [2.05, 4.69) is 0 Å². The predicted molar refractivity (Wildman–Crippen MR) is 68.4 cm³/mol. The summed E-state index contributed by atoms with van der Waals surface area (Å²) < 4.78 is 21.1. The highest BCUT2D eigenvalue weighted by Gasteiger charge is 2.16. The number of hydrogen-bond donors (Lipinski definition) is 1. The Morgan fingerprint density at radius 1 is 1.16 bits per heavy atom. The summed E-state index contributed by atoms with van der Waals surface area (Å²) in [6.45, 7) is 1.68. The zero-order valence-electron chi connectivity index (χ0n) is 11.4. The van der Waals surface area contributed by atoms with Gasteiger partial charge in [0.05, 0.1) is 27.8 Å². The SMILES string of the molecule is COc1cc(O[C@H](C)CC(=O)O)cc(OC)c1OC. The number of ether oxygens (including phenoxy) is 4. The van der Waals surface area contributed by atoms with Gasteiger partial charge >= 0.3 is 5.97 Å². The Kier molecular flexibility index (Phi) is 5.29. The molecular formula is C13H18O6. The maximum Gasteiger partial charge on any atom is 0.307 e. The fourth-order valence-corrected chi connectivity index (χ4v) is 1.64. The quantitative estimate of drug-likeness (QED) is 0.816. The summed E-state index contributed by atoms with van der Waals surface area (Å²) in [4.78, 5) is 10.6. The fraction of sp³-hybridized carbons (Fsp3) is 0.462. The molecule has 0 radical (unpaired) electrons. The van der Waals surface area contributed by atoms with E-state index < -0.39 is 12.1 Å². The summed E-state index contributed by atoms with van der Waals surface area (Å²) in [5.74, 6) is 0.921. The van der Waals surface area contributed by atoms with E-state index >= 15 is 0 Å². The second kappa shape index (κ2) is 6.72. The number of carboxylic acid groups (broad SMARTS) is 1. The lowest BCUT2D eigenvalue weighted by molar-refractivity contribution is -0.138. The van der Waals surface area contributed by atoms with E-state index in [1.165, 1.54) is 21.3 Å². The summed E-state index contributed by atoms with van der Waals surface area (Å²) in [7, 11) is 4.51. The lowest BCUT2D eigenvalue weighted by atomic mass is 10.2. The van der Waals surface area contributed by atoms with Crippen LogP contribution in [0.15, 0.2) is 12.1 Å². The van der Waals surface area contributed by atoms with E-state index in [4.69, 9.17) is 24.1 Å². The summed E-state index contributed by atoms with van der Waals surface area (Å²) >= 11 is 0. The summed E-state index contributed by atoms with van der Waals surface area (Å²) in [5, 5.41) is 8.70. The molecule has 0 aliphatic carbocycles. The molecule has 1 atom stereocenters. The van der Waals surface area contributed by atoms with Gasteiger partial charge in [-0.1, -0.05) is 0 Å². The minimum atomic E-state index is -0.917. The monoisotopic (exact) mass is 270 g/mol. The number of benzene rings is 1.